The van der Waals surface area contributed by atoms with Gasteiger partial charge in [-0.05, 0) is 30.7 Å². The first-order chi connectivity index (χ1) is 14.9. The number of hydrogen-bond acceptors (Lipinski definition) is 5. The van der Waals surface area contributed by atoms with Gasteiger partial charge in [0.1, 0.15) is 10.8 Å². The first-order valence-electron chi connectivity index (χ1n) is 9.16. The molecule has 1 heterocycles. The zero-order valence-corrected chi connectivity index (χ0v) is 18.1. The molecular formula is C23H19ClFN3O2S. The van der Waals surface area contributed by atoms with Crippen LogP contribution in [0, 0.1) is 5.82 Å². The van der Waals surface area contributed by atoms with Crippen LogP contribution in [-0.2, 0) is 0 Å². The molecule has 0 saturated heterocycles. The predicted molar refractivity (Wildman–Crippen MR) is 124 cm³/mol. The Kier molecular flexibility index (Phi) is 7.23. The number of rotatable bonds is 7. The van der Waals surface area contributed by atoms with Gasteiger partial charge in [0.15, 0.2) is 16.6 Å². The molecule has 3 aromatic rings. The Hall–Kier alpha value is -3.42. The van der Waals surface area contributed by atoms with Crippen molar-refractivity contribution in [1.82, 2.24) is 4.98 Å². The lowest BCUT2D eigenvalue weighted by Gasteiger charge is -2.11. The van der Waals surface area contributed by atoms with E-state index in [9.17, 15) is 9.18 Å². The number of nitrogens with one attached hydrogen (secondary N) is 1. The minimum Gasteiger partial charge on any atom is -0.453 e. The van der Waals surface area contributed by atoms with Gasteiger partial charge in [0.05, 0.1) is 4.88 Å². The molecule has 3 N–H and O–H groups in total. The Morgan fingerprint density at radius 2 is 2.03 bits per heavy atom. The van der Waals surface area contributed by atoms with Crippen molar-refractivity contribution in [2.45, 2.75) is 6.92 Å². The van der Waals surface area contributed by atoms with Gasteiger partial charge in [0, 0.05) is 23.6 Å². The number of nitrogens with two attached hydrogens (primary N) is 1. The van der Waals surface area contributed by atoms with Crippen LogP contribution in [0.3, 0.4) is 0 Å². The molecule has 31 heavy (non-hydrogen) atoms. The van der Waals surface area contributed by atoms with Crippen molar-refractivity contribution in [3.05, 3.63) is 101 Å². The summed E-state index contributed by atoms with van der Waals surface area (Å²) in [6.45, 7) is 5.30. The highest BCUT2D eigenvalue weighted by Crippen LogP contribution is 2.28. The van der Waals surface area contributed by atoms with Gasteiger partial charge in [-0.25, -0.2) is 9.37 Å². The van der Waals surface area contributed by atoms with Crippen molar-refractivity contribution in [3.8, 4) is 16.2 Å². The average Bonchev–Trinajstić information content (AvgIpc) is 3.25. The van der Waals surface area contributed by atoms with E-state index >= 15 is 0 Å². The number of hydrogen-bond donors (Lipinski definition) is 2. The van der Waals surface area contributed by atoms with Gasteiger partial charge >= 0.3 is 0 Å². The van der Waals surface area contributed by atoms with E-state index in [0.717, 1.165) is 16.5 Å². The van der Waals surface area contributed by atoms with E-state index < -0.39 is 11.7 Å². The van der Waals surface area contributed by atoms with Crippen molar-refractivity contribution < 1.29 is 13.9 Å². The molecule has 1 amide bonds. The van der Waals surface area contributed by atoms with Gasteiger partial charge in [-0.1, -0.05) is 54.6 Å². The van der Waals surface area contributed by atoms with Crippen LogP contribution in [0.2, 0.25) is 0 Å². The molecule has 1 aromatic heterocycles. The second-order valence-corrected chi connectivity index (χ2v) is 7.71. The SMILES string of the molecule is C=C(N)/C(Cl)=C(\C=C/C)Oc1ccc(NC(=O)c2ncc(-c3ccccc3)s2)cc1F. The van der Waals surface area contributed by atoms with Gasteiger partial charge in [0.2, 0.25) is 0 Å². The third-order valence-corrected chi connectivity index (χ3v) is 5.46. The van der Waals surface area contributed by atoms with Gasteiger partial charge < -0.3 is 15.8 Å². The standard InChI is InChI=1S/C23H19ClFN3O2S/c1-3-7-19(21(24)14(2)26)30-18-11-10-16(12-17(18)25)28-22(29)23-27-13-20(31-23)15-8-5-4-6-9-15/h3-13H,2,26H2,1H3,(H,28,29)/b7-3-,21-19-. The number of benzene rings is 2. The van der Waals surface area contributed by atoms with Crippen LogP contribution in [-0.4, -0.2) is 10.9 Å². The number of nitrogens with zero attached hydrogens (tertiary/aromatic N) is 1. The van der Waals surface area contributed by atoms with Crippen molar-refractivity contribution in [3.63, 3.8) is 0 Å². The Morgan fingerprint density at radius 1 is 1.29 bits per heavy atom. The number of allylic oxidation sites excluding steroid dienone is 3. The molecule has 0 spiro atoms. The van der Waals surface area contributed by atoms with E-state index in [0.29, 0.717) is 0 Å². The summed E-state index contributed by atoms with van der Waals surface area (Å²) in [5.74, 6) is -1.04. The van der Waals surface area contributed by atoms with Crippen molar-refractivity contribution in [2.75, 3.05) is 5.32 Å². The molecule has 0 saturated carbocycles. The summed E-state index contributed by atoms with van der Waals surface area (Å²) in [6, 6.07) is 13.7. The van der Waals surface area contributed by atoms with Gasteiger partial charge in [-0.3, -0.25) is 4.79 Å². The molecule has 3 rings (SSSR count). The molecule has 0 aliphatic carbocycles. The molecule has 5 nitrogen and oxygen atoms in total. The van der Waals surface area contributed by atoms with Crippen LogP contribution in [0.15, 0.2) is 89.9 Å². The smallest absolute Gasteiger partial charge is 0.284 e. The van der Waals surface area contributed by atoms with E-state index in [1.54, 1.807) is 25.3 Å². The largest absolute Gasteiger partial charge is 0.453 e. The molecule has 8 heteroatoms. The van der Waals surface area contributed by atoms with Crippen molar-refractivity contribution in [2.24, 2.45) is 5.73 Å². The first-order valence-corrected chi connectivity index (χ1v) is 10.4. The zero-order valence-electron chi connectivity index (χ0n) is 16.6. The Labute approximate surface area is 188 Å². The maximum atomic E-state index is 14.6. The molecule has 0 bridgehead atoms. The number of amides is 1. The number of anilines is 1. The molecule has 0 aliphatic heterocycles. The Morgan fingerprint density at radius 3 is 2.68 bits per heavy atom. The normalized spacial score (nSPS) is 11.8. The highest BCUT2D eigenvalue weighted by atomic mass is 35.5. The summed E-state index contributed by atoms with van der Waals surface area (Å²) < 4.78 is 20.1. The Balaban J connectivity index is 1.75. The molecule has 0 radical (unpaired) electrons. The monoisotopic (exact) mass is 455 g/mol. The second-order valence-electron chi connectivity index (χ2n) is 6.30. The molecule has 158 valence electrons. The molecule has 2 aromatic carbocycles. The van der Waals surface area contributed by atoms with Crippen LogP contribution in [0.4, 0.5) is 10.1 Å². The minimum absolute atomic E-state index is 0.0767. The van der Waals surface area contributed by atoms with Crippen molar-refractivity contribution in [1.29, 1.82) is 0 Å². The third-order valence-electron chi connectivity index (χ3n) is 3.98. The molecule has 0 fully saturated rings. The average molecular weight is 456 g/mol. The van der Waals surface area contributed by atoms with Crippen LogP contribution in [0.5, 0.6) is 5.75 Å². The number of aromatic nitrogens is 1. The summed E-state index contributed by atoms with van der Waals surface area (Å²) in [7, 11) is 0. The summed E-state index contributed by atoms with van der Waals surface area (Å²) >= 11 is 7.32. The van der Waals surface area contributed by atoms with Crippen LogP contribution in [0.1, 0.15) is 16.7 Å². The van der Waals surface area contributed by atoms with Crippen molar-refractivity contribution >= 4 is 34.5 Å². The summed E-state index contributed by atoms with van der Waals surface area (Å²) in [5.41, 5.74) is 6.91. The lowest BCUT2D eigenvalue weighted by atomic mass is 10.2. The topological polar surface area (TPSA) is 77.2 Å². The third kappa shape index (κ3) is 5.59. The molecule has 0 aliphatic rings. The van der Waals surface area contributed by atoms with Crippen LogP contribution >= 0.6 is 22.9 Å². The lowest BCUT2D eigenvalue weighted by Crippen LogP contribution is -2.11. The van der Waals surface area contributed by atoms with Gasteiger partial charge in [0.25, 0.3) is 5.91 Å². The highest BCUT2D eigenvalue weighted by molar-refractivity contribution is 7.17. The first kappa shape index (κ1) is 22.3. The summed E-state index contributed by atoms with van der Waals surface area (Å²) in [5, 5.41) is 2.98. The second kappa shape index (κ2) is 10.1. The van der Waals surface area contributed by atoms with Crippen LogP contribution in [0.25, 0.3) is 10.4 Å². The molecule has 0 unspecified atom stereocenters. The molecular weight excluding hydrogens is 437 g/mol. The number of halogens is 2. The molecule has 0 atom stereocenters. The van der Waals surface area contributed by atoms with E-state index in [2.05, 4.69) is 16.9 Å². The number of thiazole rings is 1. The van der Waals surface area contributed by atoms with E-state index in [4.69, 9.17) is 22.1 Å². The fraction of sp³-hybridized carbons (Fsp3) is 0.0435. The zero-order chi connectivity index (χ0) is 22.4. The van der Waals surface area contributed by atoms with Gasteiger partial charge in [-0.2, -0.15) is 0 Å². The number of ether oxygens (including phenoxy) is 1. The predicted octanol–water partition coefficient (Wildman–Crippen LogP) is 6.08. The number of carbonyl (C=O) groups is 1. The minimum atomic E-state index is -0.684. The van der Waals surface area contributed by atoms with E-state index in [-0.39, 0.29) is 32.9 Å². The van der Waals surface area contributed by atoms with Crippen LogP contribution < -0.4 is 15.8 Å². The summed E-state index contributed by atoms with van der Waals surface area (Å²) in [4.78, 5) is 17.5. The maximum absolute atomic E-state index is 14.6. The fourth-order valence-electron chi connectivity index (χ4n) is 2.54. The van der Waals surface area contributed by atoms with E-state index in [1.165, 1.54) is 23.5 Å². The lowest BCUT2D eigenvalue weighted by molar-refractivity contribution is 0.102. The van der Waals surface area contributed by atoms with Gasteiger partial charge in [-0.15, -0.1) is 11.3 Å². The quantitative estimate of drug-likeness (QED) is 0.334. The van der Waals surface area contributed by atoms with E-state index in [1.807, 2.05) is 30.3 Å². The highest BCUT2D eigenvalue weighted by Gasteiger charge is 2.15. The maximum Gasteiger partial charge on any atom is 0.284 e. The fourth-order valence-corrected chi connectivity index (χ4v) is 3.46. The summed E-state index contributed by atoms with van der Waals surface area (Å²) in [6.07, 6.45) is 4.85. The number of carbonyl (C=O) groups excluding carboxylic acids is 1. The Bertz CT molecular complexity index is 1170.